The number of hydrogen-bond acceptors (Lipinski definition) is 5. The van der Waals surface area contributed by atoms with Crippen molar-refractivity contribution in [2.45, 2.75) is 38.6 Å². The molecule has 0 saturated heterocycles. The van der Waals surface area contributed by atoms with Crippen LogP contribution in [0.4, 0.5) is 0 Å². The summed E-state index contributed by atoms with van der Waals surface area (Å²) in [4.78, 5) is 20.3. The van der Waals surface area contributed by atoms with E-state index in [1.54, 1.807) is 18.5 Å². The molecule has 0 N–H and O–H groups in total. The molecule has 0 amide bonds. The maximum atomic E-state index is 11.8. The Hall–Kier alpha value is -2.50. The quantitative estimate of drug-likeness (QED) is 0.460. The molecule has 0 bridgehead atoms. The molecule has 0 unspecified atom stereocenters. The molecule has 0 aliphatic heterocycles. The second-order valence-corrected chi connectivity index (χ2v) is 7.10. The number of fused-ring (bicyclic) bond motifs is 1. The molecule has 1 aliphatic rings. The highest BCUT2D eigenvalue weighted by Crippen LogP contribution is 2.33. The molecule has 1 aromatic carbocycles. The lowest BCUT2D eigenvalue weighted by atomic mass is 9.92. The minimum atomic E-state index is -0.0701. The fourth-order valence-electron chi connectivity index (χ4n) is 3.16. The molecule has 27 heavy (non-hydrogen) atoms. The van der Waals surface area contributed by atoms with Gasteiger partial charge in [0.05, 0.1) is 18.1 Å². The van der Waals surface area contributed by atoms with E-state index in [0.717, 1.165) is 18.4 Å². The van der Waals surface area contributed by atoms with Crippen LogP contribution in [0, 0.1) is 0 Å². The number of aromatic nitrogens is 2. The first-order valence-corrected chi connectivity index (χ1v) is 9.25. The highest BCUT2D eigenvalue weighted by molar-refractivity contribution is 6.30. The van der Waals surface area contributed by atoms with Gasteiger partial charge in [0, 0.05) is 36.2 Å². The Bertz CT molecular complexity index is 972. The first-order valence-electron chi connectivity index (χ1n) is 8.87. The molecule has 0 atom stereocenters. The van der Waals surface area contributed by atoms with Gasteiger partial charge in [-0.05, 0) is 18.6 Å². The molecule has 3 aromatic rings. The van der Waals surface area contributed by atoms with Crippen molar-refractivity contribution in [3.05, 3.63) is 65.1 Å². The van der Waals surface area contributed by atoms with Crippen molar-refractivity contribution < 1.29 is 14.3 Å². The monoisotopic (exact) mass is 382 g/mol. The summed E-state index contributed by atoms with van der Waals surface area (Å²) >= 11 is 6.00. The van der Waals surface area contributed by atoms with Crippen molar-refractivity contribution in [3.63, 3.8) is 0 Å². The molecular formula is C21H19ClN2O3. The molecule has 2 aromatic heterocycles. The number of ketones is 1. The number of ether oxygens (including phenoxy) is 2. The van der Waals surface area contributed by atoms with E-state index in [1.165, 1.54) is 6.92 Å². The third-order valence-corrected chi connectivity index (χ3v) is 4.95. The summed E-state index contributed by atoms with van der Waals surface area (Å²) in [7, 11) is 0. The Balaban J connectivity index is 1.41. The average molecular weight is 383 g/mol. The van der Waals surface area contributed by atoms with Crippen LogP contribution in [0.2, 0.25) is 5.15 Å². The molecule has 4 rings (SSSR count). The van der Waals surface area contributed by atoms with Crippen molar-refractivity contribution >= 4 is 28.2 Å². The first-order chi connectivity index (χ1) is 13.1. The number of nitrogens with zero attached hydrogens (tertiary/aromatic N) is 2. The van der Waals surface area contributed by atoms with Gasteiger partial charge in [0.2, 0.25) is 5.88 Å². The smallest absolute Gasteiger partial charge is 0.223 e. The Kier molecular flexibility index (Phi) is 5.05. The number of rotatable bonds is 6. The highest BCUT2D eigenvalue weighted by atomic mass is 35.5. The lowest BCUT2D eigenvalue weighted by Gasteiger charge is -2.35. The molecule has 5 nitrogen and oxygen atoms in total. The topological polar surface area (TPSA) is 61.3 Å². The van der Waals surface area contributed by atoms with Gasteiger partial charge >= 0.3 is 0 Å². The fourth-order valence-corrected chi connectivity index (χ4v) is 3.31. The number of Topliss-reactive ketones (excluding diaryl/α,β-unsaturated/α-hetero) is 1. The predicted molar refractivity (Wildman–Crippen MR) is 103 cm³/mol. The molecule has 138 valence electrons. The molecule has 0 radical (unpaired) electrons. The second kappa shape index (κ2) is 7.62. The zero-order valence-electron chi connectivity index (χ0n) is 14.9. The number of hydrogen-bond donors (Lipinski definition) is 0. The number of halogens is 1. The van der Waals surface area contributed by atoms with E-state index < -0.39 is 0 Å². The van der Waals surface area contributed by atoms with Gasteiger partial charge < -0.3 is 9.47 Å². The van der Waals surface area contributed by atoms with Gasteiger partial charge in [0.1, 0.15) is 11.3 Å². The summed E-state index contributed by atoms with van der Waals surface area (Å²) < 4.78 is 11.9. The van der Waals surface area contributed by atoms with Crippen molar-refractivity contribution in [2.75, 3.05) is 0 Å². The lowest BCUT2D eigenvalue weighted by molar-refractivity contribution is -0.0690. The van der Waals surface area contributed by atoms with Gasteiger partial charge in [-0.25, -0.2) is 9.97 Å². The predicted octanol–water partition coefficient (Wildman–Crippen LogP) is 4.61. The van der Waals surface area contributed by atoms with E-state index in [1.807, 2.05) is 18.2 Å². The number of pyridine rings is 2. The zero-order chi connectivity index (χ0) is 18.8. The van der Waals surface area contributed by atoms with Gasteiger partial charge in [-0.1, -0.05) is 41.9 Å². The van der Waals surface area contributed by atoms with Crippen LogP contribution >= 0.6 is 11.6 Å². The largest absolute Gasteiger partial charge is 0.474 e. The van der Waals surface area contributed by atoms with Crippen molar-refractivity contribution in [3.8, 4) is 5.88 Å². The molecule has 2 heterocycles. The van der Waals surface area contributed by atoms with E-state index in [0.29, 0.717) is 34.0 Å². The first kappa shape index (κ1) is 17.9. The Morgan fingerprint density at radius 2 is 1.89 bits per heavy atom. The molecule has 1 saturated carbocycles. The number of carbonyl (C=O) groups excluding carboxylic acids is 1. The van der Waals surface area contributed by atoms with Crippen LogP contribution in [0.15, 0.2) is 48.8 Å². The van der Waals surface area contributed by atoms with E-state index >= 15 is 0 Å². The van der Waals surface area contributed by atoms with Crippen LogP contribution in [0.25, 0.3) is 10.8 Å². The number of carbonyl (C=O) groups is 1. The SMILES string of the molecule is CC(=O)c1cnc(OC2CC(OCc3ccccc3)C2)c2cnc(Cl)cc12. The maximum absolute atomic E-state index is 11.8. The molecule has 0 spiro atoms. The molecule has 1 aliphatic carbocycles. The van der Waals surface area contributed by atoms with E-state index in [-0.39, 0.29) is 18.0 Å². The van der Waals surface area contributed by atoms with Gasteiger partial charge in [-0.15, -0.1) is 0 Å². The van der Waals surface area contributed by atoms with E-state index in [4.69, 9.17) is 21.1 Å². The van der Waals surface area contributed by atoms with Crippen LogP contribution < -0.4 is 4.74 Å². The zero-order valence-corrected chi connectivity index (χ0v) is 15.6. The molecule has 1 fully saturated rings. The van der Waals surface area contributed by atoms with E-state index in [9.17, 15) is 4.79 Å². The van der Waals surface area contributed by atoms with Crippen LogP contribution in [0.5, 0.6) is 5.88 Å². The minimum absolute atomic E-state index is 0.0420. The lowest BCUT2D eigenvalue weighted by Crippen LogP contribution is -2.39. The van der Waals surface area contributed by atoms with Gasteiger partial charge in [-0.3, -0.25) is 4.79 Å². The van der Waals surface area contributed by atoms with Crippen LogP contribution in [0.1, 0.15) is 35.7 Å². The van der Waals surface area contributed by atoms with Crippen LogP contribution in [0.3, 0.4) is 0 Å². The summed E-state index contributed by atoms with van der Waals surface area (Å²) in [5.41, 5.74) is 1.68. The summed E-state index contributed by atoms with van der Waals surface area (Å²) in [6.45, 7) is 2.11. The molecule has 6 heteroatoms. The van der Waals surface area contributed by atoms with Crippen molar-refractivity contribution in [1.82, 2.24) is 9.97 Å². The average Bonchev–Trinajstić information content (AvgIpc) is 2.63. The van der Waals surface area contributed by atoms with Crippen LogP contribution in [-0.4, -0.2) is 28.0 Å². The van der Waals surface area contributed by atoms with Gasteiger partial charge in [0.15, 0.2) is 5.78 Å². The minimum Gasteiger partial charge on any atom is -0.474 e. The van der Waals surface area contributed by atoms with Crippen molar-refractivity contribution in [1.29, 1.82) is 0 Å². The summed E-state index contributed by atoms with van der Waals surface area (Å²) in [6.07, 6.45) is 5.00. The fraction of sp³-hybridized carbons (Fsp3) is 0.286. The third kappa shape index (κ3) is 3.94. The molecular weight excluding hydrogens is 364 g/mol. The van der Waals surface area contributed by atoms with Gasteiger partial charge in [-0.2, -0.15) is 0 Å². The van der Waals surface area contributed by atoms with E-state index in [2.05, 4.69) is 22.1 Å². The third-order valence-electron chi connectivity index (χ3n) is 4.74. The normalized spacial score (nSPS) is 18.9. The summed E-state index contributed by atoms with van der Waals surface area (Å²) in [5, 5.41) is 1.74. The van der Waals surface area contributed by atoms with Crippen LogP contribution in [-0.2, 0) is 11.3 Å². The highest BCUT2D eigenvalue weighted by Gasteiger charge is 2.32. The Morgan fingerprint density at radius 1 is 1.11 bits per heavy atom. The summed E-state index contributed by atoms with van der Waals surface area (Å²) in [5.74, 6) is 0.407. The second-order valence-electron chi connectivity index (χ2n) is 6.72. The van der Waals surface area contributed by atoms with Crippen molar-refractivity contribution in [2.24, 2.45) is 0 Å². The van der Waals surface area contributed by atoms with Gasteiger partial charge in [0.25, 0.3) is 0 Å². The Morgan fingerprint density at radius 3 is 2.63 bits per heavy atom. The standard InChI is InChI=1S/C21H19ClN2O3/c1-13(25)18-10-24-21(19-11-23-20(22)9-17(18)19)27-16-7-15(8-16)26-12-14-5-3-2-4-6-14/h2-6,9-11,15-16H,7-8,12H2,1H3. The summed E-state index contributed by atoms with van der Waals surface area (Å²) in [6, 6.07) is 11.8. The number of benzene rings is 1. The Labute approximate surface area is 162 Å². The maximum Gasteiger partial charge on any atom is 0.223 e.